The lowest BCUT2D eigenvalue weighted by molar-refractivity contribution is -0.137. The second-order valence-electron chi connectivity index (χ2n) is 3.62. The topological polar surface area (TPSA) is 12.0 Å². The molecule has 0 aliphatic carbocycles. The van der Waals surface area contributed by atoms with Crippen molar-refractivity contribution in [2.24, 2.45) is 0 Å². The molecule has 89 valence electrons. The third-order valence-corrected chi connectivity index (χ3v) is 2.22. The molecule has 0 aromatic heterocycles. The molecule has 0 saturated heterocycles. The van der Waals surface area contributed by atoms with E-state index in [1.807, 2.05) is 0 Å². The summed E-state index contributed by atoms with van der Waals surface area (Å²) in [5, 5.41) is 2.94. The molecule has 0 aliphatic rings. The maximum Gasteiger partial charge on any atom is 0.416 e. The van der Waals surface area contributed by atoms with Crippen LogP contribution >= 0.6 is 0 Å². The van der Waals surface area contributed by atoms with Crippen LogP contribution in [0.15, 0.2) is 18.2 Å². The first-order chi connectivity index (χ1) is 7.54. The van der Waals surface area contributed by atoms with E-state index in [9.17, 15) is 13.2 Å². The first-order valence-electron chi connectivity index (χ1n) is 5.37. The van der Waals surface area contributed by atoms with Gasteiger partial charge in [0.1, 0.15) is 0 Å². The molecule has 1 radical (unpaired) electrons. The summed E-state index contributed by atoms with van der Waals surface area (Å²) < 4.78 is 37.1. The highest BCUT2D eigenvalue weighted by Gasteiger charge is 2.30. The third kappa shape index (κ3) is 4.13. The SMILES string of the molecule is CCCCCNc1[c]ccc(C(F)(F)F)c1. The molecule has 0 atom stereocenters. The molecular weight excluding hydrogens is 215 g/mol. The zero-order valence-corrected chi connectivity index (χ0v) is 9.19. The van der Waals surface area contributed by atoms with Crippen molar-refractivity contribution in [1.82, 2.24) is 0 Å². The molecule has 1 nitrogen and oxygen atoms in total. The highest BCUT2D eigenvalue weighted by molar-refractivity contribution is 5.45. The van der Waals surface area contributed by atoms with Gasteiger partial charge < -0.3 is 5.32 Å². The summed E-state index contributed by atoms with van der Waals surface area (Å²) in [6, 6.07) is 6.16. The van der Waals surface area contributed by atoms with E-state index >= 15 is 0 Å². The van der Waals surface area contributed by atoms with Gasteiger partial charge in [0.15, 0.2) is 0 Å². The summed E-state index contributed by atoms with van der Waals surface area (Å²) >= 11 is 0. The summed E-state index contributed by atoms with van der Waals surface area (Å²) in [6.45, 7) is 2.77. The van der Waals surface area contributed by atoms with Crippen molar-refractivity contribution in [2.75, 3.05) is 11.9 Å². The van der Waals surface area contributed by atoms with Crippen molar-refractivity contribution in [3.05, 3.63) is 29.8 Å². The number of anilines is 1. The quantitative estimate of drug-likeness (QED) is 0.750. The maximum absolute atomic E-state index is 12.4. The van der Waals surface area contributed by atoms with Crippen LogP contribution in [-0.4, -0.2) is 6.54 Å². The lowest BCUT2D eigenvalue weighted by Gasteiger charge is -2.09. The normalized spacial score (nSPS) is 11.5. The van der Waals surface area contributed by atoms with Gasteiger partial charge in [0, 0.05) is 18.3 Å². The van der Waals surface area contributed by atoms with Gasteiger partial charge >= 0.3 is 6.18 Å². The van der Waals surface area contributed by atoms with Gasteiger partial charge in [-0.05, 0) is 18.6 Å². The highest BCUT2D eigenvalue weighted by atomic mass is 19.4. The Morgan fingerprint density at radius 3 is 2.69 bits per heavy atom. The van der Waals surface area contributed by atoms with Gasteiger partial charge in [-0.25, -0.2) is 0 Å². The van der Waals surface area contributed by atoms with E-state index in [-0.39, 0.29) is 0 Å². The van der Waals surface area contributed by atoms with E-state index in [1.54, 1.807) is 0 Å². The molecule has 0 amide bonds. The fourth-order valence-electron chi connectivity index (χ4n) is 1.34. The number of unbranched alkanes of at least 4 members (excludes halogenated alkanes) is 2. The van der Waals surface area contributed by atoms with Crippen molar-refractivity contribution < 1.29 is 13.2 Å². The summed E-state index contributed by atoms with van der Waals surface area (Å²) in [6.07, 6.45) is -1.16. The molecule has 4 heteroatoms. The summed E-state index contributed by atoms with van der Waals surface area (Å²) in [5.74, 6) is 0. The van der Waals surface area contributed by atoms with Crippen LogP contribution in [0.3, 0.4) is 0 Å². The number of alkyl halides is 3. The number of hydrogen-bond donors (Lipinski definition) is 1. The molecule has 1 rings (SSSR count). The molecule has 0 bridgehead atoms. The number of hydrogen-bond acceptors (Lipinski definition) is 1. The second-order valence-corrected chi connectivity index (χ2v) is 3.62. The highest BCUT2D eigenvalue weighted by Crippen LogP contribution is 2.30. The first kappa shape index (κ1) is 12.9. The van der Waals surface area contributed by atoms with E-state index in [0.29, 0.717) is 12.2 Å². The Morgan fingerprint density at radius 2 is 2.06 bits per heavy atom. The molecule has 0 fully saturated rings. The van der Waals surface area contributed by atoms with E-state index < -0.39 is 11.7 Å². The van der Waals surface area contributed by atoms with E-state index in [4.69, 9.17) is 0 Å². The third-order valence-electron chi connectivity index (χ3n) is 2.22. The smallest absolute Gasteiger partial charge is 0.385 e. The van der Waals surface area contributed by atoms with Crippen LogP contribution in [0.1, 0.15) is 31.7 Å². The summed E-state index contributed by atoms with van der Waals surface area (Å²) in [5.41, 5.74) is -0.227. The van der Waals surface area contributed by atoms with Crippen molar-refractivity contribution in [3.63, 3.8) is 0 Å². The monoisotopic (exact) mass is 230 g/mol. The van der Waals surface area contributed by atoms with Crippen LogP contribution in [-0.2, 0) is 6.18 Å². The van der Waals surface area contributed by atoms with Gasteiger partial charge in [0.25, 0.3) is 0 Å². The lowest BCUT2D eigenvalue weighted by atomic mass is 10.2. The predicted molar refractivity (Wildman–Crippen MR) is 58.3 cm³/mol. The van der Waals surface area contributed by atoms with E-state index in [1.165, 1.54) is 6.07 Å². The van der Waals surface area contributed by atoms with Crippen molar-refractivity contribution in [2.45, 2.75) is 32.4 Å². The molecule has 1 aromatic carbocycles. The average molecular weight is 230 g/mol. The zero-order valence-electron chi connectivity index (χ0n) is 9.19. The molecule has 0 unspecified atom stereocenters. The number of rotatable bonds is 5. The number of nitrogens with one attached hydrogen (secondary N) is 1. The van der Waals surface area contributed by atoms with Gasteiger partial charge in [-0.1, -0.05) is 25.8 Å². The molecular formula is C12H15F3N. The molecule has 0 aliphatic heterocycles. The Kier molecular flexibility index (Phi) is 4.65. The van der Waals surface area contributed by atoms with Crippen LogP contribution in [0.5, 0.6) is 0 Å². The van der Waals surface area contributed by atoms with E-state index in [2.05, 4.69) is 18.3 Å². The predicted octanol–water partition coefficient (Wildman–Crippen LogP) is 4.11. The van der Waals surface area contributed by atoms with E-state index in [0.717, 1.165) is 31.4 Å². The zero-order chi connectivity index (χ0) is 12.0. The minimum atomic E-state index is -4.28. The Balaban J connectivity index is 2.54. The average Bonchev–Trinajstić information content (AvgIpc) is 2.24. The van der Waals surface area contributed by atoms with Gasteiger partial charge in [-0.3, -0.25) is 0 Å². The molecule has 16 heavy (non-hydrogen) atoms. The fraction of sp³-hybridized carbons (Fsp3) is 0.500. The largest absolute Gasteiger partial charge is 0.416 e. The summed E-state index contributed by atoms with van der Waals surface area (Å²) in [7, 11) is 0. The van der Waals surface area contributed by atoms with Gasteiger partial charge in [-0.15, -0.1) is 0 Å². The fourth-order valence-corrected chi connectivity index (χ4v) is 1.34. The maximum atomic E-state index is 12.4. The van der Waals surface area contributed by atoms with Crippen LogP contribution in [0.2, 0.25) is 0 Å². The molecule has 0 saturated carbocycles. The van der Waals surface area contributed by atoms with Gasteiger partial charge in [0.05, 0.1) is 5.56 Å². The molecule has 0 heterocycles. The summed E-state index contributed by atoms with van der Waals surface area (Å²) in [4.78, 5) is 0. The standard InChI is InChI=1S/C12H15F3N/c1-2-3-4-8-16-11-7-5-6-10(9-11)12(13,14)15/h5-6,9,16H,2-4,8H2,1H3. The Labute approximate surface area is 93.7 Å². The van der Waals surface area contributed by atoms with Gasteiger partial charge in [-0.2, -0.15) is 13.2 Å². The molecule has 1 N–H and O–H groups in total. The number of benzene rings is 1. The first-order valence-corrected chi connectivity index (χ1v) is 5.37. The Hall–Kier alpha value is -1.19. The Bertz CT molecular complexity index is 320. The lowest BCUT2D eigenvalue weighted by Crippen LogP contribution is -2.07. The van der Waals surface area contributed by atoms with Crippen LogP contribution < -0.4 is 5.32 Å². The molecule has 0 spiro atoms. The second kappa shape index (κ2) is 5.77. The van der Waals surface area contributed by atoms with Crippen molar-refractivity contribution in [1.29, 1.82) is 0 Å². The van der Waals surface area contributed by atoms with Gasteiger partial charge in [0.2, 0.25) is 0 Å². The van der Waals surface area contributed by atoms with Crippen LogP contribution in [0, 0.1) is 6.07 Å². The van der Waals surface area contributed by atoms with Crippen LogP contribution in [0.25, 0.3) is 0 Å². The minimum absolute atomic E-state index is 0.408. The molecule has 1 aromatic rings. The minimum Gasteiger partial charge on any atom is -0.385 e. The Morgan fingerprint density at radius 1 is 1.31 bits per heavy atom. The van der Waals surface area contributed by atoms with Crippen LogP contribution in [0.4, 0.5) is 18.9 Å². The van der Waals surface area contributed by atoms with Crippen molar-refractivity contribution >= 4 is 5.69 Å². The van der Waals surface area contributed by atoms with Crippen molar-refractivity contribution in [3.8, 4) is 0 Å². The number of halogens is 3.